The summed E-state index contributed by atoms with van der Waals surface area (Å²) in [6, 6.07) is 19.5. The van der Waals surface area contributed by atoms with Crippen LogP contribution < -0.4 is 4.74 Å². The number of hydrogen-bond donors (Lipinski definition) is 1. The maximum Gasteiger partial charge on any atom is 0.216 e. The van der Waals surface area contributed by atoms with Crippen LogP contribution in [0.3, 0.4) is 0 Å². The molecule has 0 unspecified atom stereocenters. The zero-order valence-corrected chi connectivity index (χ0v) is 16.7. The fourth-order valence-corrected chi connectivity index (χ4v) is 3.42. The first-order chi connectivity index (χ1) is 13.7. The van der Waals surface area contributed by atoms with Gasteiger partial charge in [0.05, 0.1) is 17.8 Å². The van der Waals surface area contributed by atoms with Crippen molar-refractivity contribution in [3.63, 3.8) is 0 Å². The van der Waals surface area contributed by atoms with Crippen molar-refractivity contribution in [2.75, 3.05) is 6.61 Å². The second kappa shape index (κ2) is 7.96. The Morgan fingerprint density at radius 2 is 1.93 bits per heavy atom. The van der Waals surface area contributed by atoms with Gasteiger partial charge in [-0.3, -0.25) is 0 Å². The predicted molar refractivity (Wildman–Crippen MR) is 116 cm³/mol. The van der Waals surface area contributed by atoms with Crippen molar-refractivity contribution in [1.29, 1.82) is 0 Å². The molecule has 0 spiro atoms. The molecule has 0 radical (unpaired) electrons. The zero-order chi connectivity index (χ0) is 19.5. The SMILES string of the molecule is CCOc1ccc2ccccc2c1/C=N\n1c(-c2ccccc2Cl)n[nH]c1=S. The first kappa shape index (κ1) is 18.4. The largest absolute Gasteiger partial charge is 0.493 e. The van der Waals surface area contributed by atoms with Crippen molar-refractivity contribution < 1.29 is 4.74 Å². The molecule has 28 heavy (non-hydrogen) atoms. The standard InChI is InChI=1S/C21H17ClN4OS/c1-2-27-19-12-11-14-7-3-4-8-15(14)17(19)13-23-26-20(24-25-21(26)28)16-9-5-6-10-18(16)22/h3-13H,2H2,1H3,(H,25,28)/b23-13-. The van der Waals surface area contributed by atoms with Gasteiger partial charge in [0, 0.05) is 11.1 Å². The van der Waals surface area contributed by atoms with Crippen LogP contribution in [-0.2, 0) is 0 Å². The summed E-state index contributed by atoms with van der Waals surface area (Å²) >= 11 is 11.7. The molecular weight excluding hydrogens is 392 g/mol. The molecule has 4 aromatic rings. The quantitative estimate of drug-likeness (QED) is 0.340. The Morgan fingerprint density at radius 1 is 1.14 bits per heavy atom. The molecule has 0 fully saturated rings. The van der Waals surface area contributed by atoms with E-state index in [-0.39, 0.29) is 0 Å². The van der Waals surface area contributed by atoms with Crippen LogP contribution in [0.5, 0.6) is 5.75 Å². The monoisotopic (exact) mass is 408 g/mol. The Kier molecular flexibility index (Phi) is 5.23. The topological polar surface area (TPSA) is 55.2 Å². The van der Waals surface area contributed by atoms with Crippen molar-refractivity contribution in [2.45, 2.75) is 6.92 Å². The van der Waals surface area contributed by atoms with Crippen LogP contribution in [0.25, 0.3) is 22.2 Å². The lowest BCUT2D eigenvalue weighted by Crippen LogP contribution is -2.00. The number of ether oxygens (including phenoxy) is 1. The van der Waals surface area contributed by atoms with Crippen molar-refractivity contribution in [2.24, 2.45) is 5.10 Å². The molecule has 5 nitrogen and oxygen atoms in total. The highest BCUT2D eigenvalue weighted by Gasteiger charge is 2.12. The third-order valence-electron chi connectivity index (χ3n) is 4.30. The minimum Gasteiger partial charge on any atom is -0.493 e. The van der Waals surface area contributed by atoms with E-state index in [9.17, 15) is 0 Å². The molecular formula is C21H17ClN4OS. The number of nitrogens with zero attached hydrogens (tertiary/aromatic N) is 3. The van der Waals surface area contributed by atoms with E-state index in [1.165, 1.54) is 0 Å². The van der Waals surface area contributed by atoms with Gasteiger partial charge in [-0.2, -0.15) is 14.9 Å². The van der Waals surface area contributed by atoms with E-state index in [1.54, 1.807) is 17.0 Å². The molecule has 0 aliphatic rings. The summed E-state index contributed by atoms with van der Waals surface area (Å²) in [5.41, 5.74) is 1.63. The van der Waals surface area contributed by atoms with Gasteiger partial charge < -0.3 is 4.74 Å². The fraction of sp³-hybridized carbons (Fsp3) is 0.0952. The van der Waals surface area contributed by atoms with Gasteiger partial charge in [-0.1, -0.05) is 54.1 Å². The Morgan fingerprint density at radius 3 is 2.75 bits per heavy atom. The molecule has 0 bridgehead atoms. The van der Waals surface area contributed by atoms with Gasteiger partial charge in [0.25, 0.3) is 0 Å². The van der Waals surface area contributed by atoms with Crippen LogP contribution >= 0.6 is 23.8 Å². The predicted octanol–water partition coefficient (Wildman–Crippen LogP) is 5.70. The minimum absolute atomic E-state index is 0.379. The summed E-state index contributed by atoms with van der Waals surface area (Å²) < 4.78 is 7.75. The van der Waals surface area contributed by atoms with Crippen LogP contribution in [0.2, 0.25) is 5.02 Å². The van der Waals surface area contributed by atoms with Crippen molar-refractivity contribution in [3.8, 4) is 17.1 Å². The van der Waals surface area contributed by atoms with E-state index in [2.05, 4.69) is 21.4 Å². The molecule has 1 aromatic heterocycles. The van der Waals surface area contributed by atoms with Gasteiger partial charge in [0.2, 0.25) is 4.77 Å². The third-order valence-corrected chi connectivity index (χ3v) is 4.89. The molecule has 0 aliphatic carbocycles. The van der Waals surface area contributed by atoms with Crippen molar-refractivity contribution >= 4 is 40.8 Å². The second-order valence-electron chi connectivity index (χ2n) is 6.02. The van der Waals surface area contributed by atoms with Gasteiger partial charge in [-0.05, 0) is 48.1 Å². The number of hydrogen-bond acceptors (Lipinski definition) is 4. The summed E-state index contributed by atoms with van der Waals surface area (Å²) in [6.07, 6.45) is 1.75. The lowest BCUT2D eigenvalue weighted by molar-refractivity contribution is 0.340. The van der Waals surface area contributed by atoms with E-state index < -0.39 is 0 Å². The highest BCUT2D eigenvalue weighted by Crippen LogP contribution is 2.28. The number of nitrogens with one attached hydrogen (secondary N) is 1. The Balaban J connectivity index is 1.85. The van der Waals surface area contributed by atoms with E-state index in [0.29, 0.717) is 22.2 Å². The van der Waals surface area contributed by atoms with Gasteiger partial charge in [0.15, 0.2) is 5.82 Å². The Labute approximate surface area is 172 Å². The molecule has 7 heteroatoms. The third kappa shape index (κ3) is 3.44. The molecule has 1 N–H and O–H groups in total. The van der Waals surface area contributed by atoms with Crippen molar-refractivity contribution in [1.82, 2.24) is 14.9 Å². The maximum absolute atomic E-state index is 6.33. The van der Waals surface area contributed by atoms with Gasteiger partial charge >= 0.3 is 0 Å². The van der Waals surface area contributed by atoms with E-state index in [1.807, 2.05) is 55.5 Å². The zero-order valence-electron chi connectivity index (χ0n) is 15.1. The first-order valence-corrected chi connectivity index (χ1v) is 9.59. The van der Waals surface area contributed by atoms with E-state index in [0.717, 1.165) is 27.6 Å². The average Bonchev–Trinajstić information content (AvgIpc) is 3.08. The van der Waals surface area contributed by atoms with Gasteiger partial charge in [-0.25, -0.2) is 5.10 Å². The summed E-state index contributed by atoms with van der Waals surface area (Å²) in [6.45, 7) is 2.52. The molecule has 0 saturated heterocycles. The molecule has 0 aliphatic heterocycles. The normalized spacial score (nSPS) is 11.4. The highest BCUT2D eigenvalue weighted by atomic mass is 35.5. The van der Waals surface area contributed by atoms with Crippen LogP contribution in [-0.4, -0.2) is 27.7 Å². The summed E-state index contributed by atoms with van der Waals surface area (Å²) in [5, 5.41) is 14.4. The van der Waals surface area contributed by atoms with Crippen molar-refractivity contribution in [3.05, 3.63) is 76.0 Å². The molecule has 0 atom stereocenters. The summed E-state index contributed by atoms with van der Waals surface area (Å²) in [7, 11) is 0. The number of benzene rings is 3. The molecule has 0 saturated carbocycles. The van der Waals surface area contributed by atoms with Gasteiger partial charge in [-0.15, -0.1) is 0 Å². The van der Waals surface area contributed by atoms with Crippen LogP contribution in [0.4, 0.5) is 0 Å². The molecule has 1 heterocycles. The smallest absolute Gasteiger partial charge is 0.216 e. The number of aromatic amines is 1. The van der Waals surface area contributed by atoms with E-state index in [4.69, 9.17) is 28.6 Å². The minimum atomic E-state index is 0.379. The average molecular weight is 409 g/mol. The van der Waals surface area contributed by atoms with Crippen LogP contribution in [0, 0.1) is 4.77 Å². The summed E-state index contributed by atoms with van der Waals surface area (Å²) in [5.74, 6) is 1.31. The summed E-state index contributed by atoms with van der Waals surface area (Å²) in [4.78, 5) is 0. The number of fused-ring (bicyclic) bond motifs is 1. The van der Waals surface area contributed by atoms with E-state index >= 15 is 0 Å². The number of H-pyrrole nitrogens is 1. The lowest BCUT2D eigenvalue weighted by atomic mass is 10.0. The molecule has 3 aromatic carbocycles. The number of rotatable bonds is 5. The van der Waals surface area contributed by atoms with Crippen LogP contribution in [0.1, 0.15) is 12.5 Å². The second-order valence-corrected chi connectivity index (χ2v) is 6.81. The Hall–Kier alpha value is -2.96. The first-order valence-electron chi connectivity index (χ1n) is 8.80. The molecule has 4 rings (SSSR count). The highest BCUT2D eigenvalue weighted by molar-refractivity contribution is 7.71. The number of halogens is 1. The molecule has 0 amide bonds. The lowest BCUT2D eigenvalue weighted by Gasteiger charge is -2.10. The fourth-order valence-electron chi connectivity index (χ4n) is 3.02. The maximum atomic E-state index is 6.33. The van der Waals surface area contributed by atoms with Gasteiger partial charge in [0.1, 0.15) is 5.75 Å². The molecule has 140 valence electrons. The number of aromatic nitrogens is 3. The van der Waals surface area contributed by atoms with Crippen LogP contribution in [0.15, 0.2) is 65.8 Å². The Bertz CT molecular complexity index is 1230.